The van der Waals surface area contributed by atoms with E-state index in [9.17, 15) is 23.7 Å². The fraction of sp³-hybridized carbons (Fsp3) is 0.0500. The van der Waals surface area contributed by atoms with Gasteiger partial charge in [0.25, 0.3) is 5.69 Å². The average molecular weight is 385 g/mol. The molecule has 0 aliphatic carbocycles. The summed E-state index contributed by atoms with van der Waals surface area (Å²) in [6.45, 7) is -2.97. The number of carbonyl (C=O) groups excluding carboxylic acids is 1. The van der Waals surface area contributed by atoms with Gasteiger partial charge in [0.2, 0.25) is 0 Å². The third-order valence-electron chi connectivity index (χ3n) is 3.73. The van der Waals surface area contributed by atoms with E-state index in [4.69, 9.17) is 4.42 Å². The fourth-order valence-corrected chi connectivity index (χ4v) is 2.42. The Bertz CT molecular complexity index is 1030. The van der Waals surface area contributed by atoms with Crippen molar-refractivity contribution in [3.63, 3.8) is 0 Å². The Morgan fingerprint density at radius 1 is 1.11 bits per heavy atom. The molecule has 0 saturated carbocycles. The van der Waals surface area contributed by atoms with Crippen molar-refractivity contribution < 1.29 is 27.7 Å². The number of benzene rings is 2. The number of ketones is 1. The van der Waals surface area contributed by atoms with Gasteiger partial charge < -0.3 is 9.15 Å². The Labute approximate surface area is 157 Å². The van der Waals surface area contributed by atoms with Crippen molar-refractivity contribution in [3.05, 3.63) is 88.2 Å². The number of halogens is 2. The van der Waals surface area contributed by atoms with Crippen molar-refractivity contribution in [1.29, 1.82) is 0 Å². The summed E-state index contributed by atoms with van der Waals surface area (Å²) in [5.41, 5.74) is 0.809. The van der Waals surface area contributed by atoms with Crippen LogP contribution >= 0.6 is 0 Å². The molecule has 0 unspecified atom stereocenters. The molecule has 0 bridgehead atoms. The molecule has 0 aliphatic rings. The van der Waals surface area contributed by atoms with Crippen molar-refractivity contribution in [2.24, 2.45) is 0 Å². The van der Waals surface area contributed by atoms with Crippen LogP contribution in [0, 0.1) is 10.1 Å². The molecule has 8 heteroatoms. The first-order valence-corrected chi connectivity index (χ1v) is 8.04. The summed E-state index contributed by atoms with van der Waals surface area (Å²) in [7, 11) is 0. The van der Waals surface area contributed by atoms with Crippen LogP contribution in [-0.4, -0.2) is 17.3 Å². The highest BCUT2D eigenvalue weighted by Crippen LogP contribution is 2.25. The van der Waals surface area contributed by atoms with E-state index in [0.717, 1.165) is 0 Å². The van der Waals surface area contributed by atoms with E-state index in [0.29, 0.717) is 17.1 Å². The molecule has 3 rings (SSSR count). The second-order valence-corrected chi connectivity index (χ2v) is 5.61. The first-order valence-electron chi connectivity index (χ1n) is 8.04. The van der Waals surface area contributed by atoms with Crippen LogP contribution in [0.15, 0.2) is 71.2 Å². The zero-order valence-corrected chi connectivity index (χ0v) is 14.2. The quantitative estimate of drug-likeness (QED) is 0.237. The molecule has 0 saturated heterocycles. The van der Waals surface area contributed by atoms with Gasteiger partial charge in [-0.15, -0.1) is 0 Å². The maximum atomic E-state index is 12.3. The van der Waals surface area contributed by atoms with E-state index in [1.54, 1.807) is 24.3 Å². The number of nitro benzene ring substituents is 1. The molecule has 6 nitrogen and oxygen atoms in total. The van der Waals surface area contributed by atoms with E-state index in [1.807, 2.05) is 0 Å². The molecule has 0 radical (unpaired) electrons. The Morgan fingerprint density at radius 3 is 2.54 bits per heavy atom. The van der Waals surface area contributed by atoms with Crippen molar-refractivity contribution in [3.8, 4) is 17.1 Å². The van der Waals surface area contributed by atoms with Crippen molar-refractivity contribution >= 4 is 17.5 Å². The second kappa shape index (κ2) is 8.26. The number of furan rings is 1. The first kappa shape index (κ1) is 19.0. The predicted molar refractivity (Wildman–Crippen MR) is 97.2 cm³/mol. The summed E-state index contributed by atoms with van der Waals surface area (Å²) >= 11 is 0. The summed E-state index contributed by atoms with van der Waals surface area (Å²) in [6.07, 6.45) is 2.69. The predicted octanol–water partition coefficient (Wildman–Crippen LogP) is 5.35. The lowest BCUT2D eigenvalue weighted by Gasteiger charge is -2.04. The van der Waals surface area contributed by atoms with Crippen LogP contribution in [-0.2, 0) is 0 Å². The highest BCUT2D eigenvalue weighted by Gasteiger charge is 2.09. The zero-order valence-electron chi connectivity index (χ0n) is 14.2. The lowest BCUT2D eigenvalue weighted by atomic mass is 10.1. The molecule has 3 aromatic rings. The summed E-state index contributed by atoms with van der Waals surface area (Å²) < 4.78 is 34.4. The molecule has 0 aliphatic heterocycles. The number of non-ortho nitro benzene ring substituents is 1. The third-order valence-corrected chi connectivity index (χ3v) is 3.73. The van der Waals surface area contributed by atoms with Crippen LogP contribution < -0.4 is 4.74 Å². The van der Waals surface area contributed by atoms with Crippen LogP contribution in [0.1, 0.15) is 16.1 Å². The van der Waals surface area contributed by atoms with Gasteiger partial charge in [0.15, 0.2) is 5.78 Å². The van der Waals surface area contributed by atoms with Crippen LogP contribution in [0.25, 0.3) is 17.4 Å². The molecule has 1 aromatic heterocycles. The van der Waals surface area contributed by atoms with Gasteiger partial charge in [-0.2, -0.15) is 8.78 Å². The monoisotopic (exact) mass is 385 g/mol. The second-order valence-electron chi connectivity index (χ2n) is 5.61. The highest BCUT2D eigenvalue weighted by molar-refractivity contribution is 6.06. The molecular weight excluding hydrogens is 372 g/mol. The number of carbonyl (C=O) groups is 1. The van der Waals surface area contributed by atoms with Crippen LogP contribution in [0.5, 0.6) is 5.75 Å². The molecule has 0 spiro atoms. The van der Waals surface area contributed by atoms with E-state index in [-0.39, 0.29) is 17.0 Å². The largest absolute Gasteiger partial charge is 0.457 e. The Balaban J connectivity index is 1.71. The highest BCUT2D eigenvalue weighted by atomic mass is 19.3. The van der Waals surface area contributed by atoms with E-state index < -0.39 is 17.3 Å². The standard InChI is InChI=1S/C20H13F2NO5/c21-20(22)28-17-3-1-2-14(12-17)18(24)10-8-16-9-11-19(27-16)13-4-6-15(7-5-13)23(25)26/h1-12,20H/b10-8+. The summed E-state index contributed by atoms with van der Waals surface area (Å²) in [5, 5.41) is 10.7. The van der Waals surface area contributed by atoms with Gasteiger partial charge in [-0.3, -0.25) is 14.9 Å². The van der Waals surface area contributed by atoms with Crippen LogP contribution in [0.2, 0.25) is 0 Å². The number of allylic oxidation sites excluding steroid dienone is 1. The van der Waals surface area contributed by atoms with E-state index in [2.05, 4.69) is 4.74 Å². The maximum Gasteiger partial charge on any atom is 0.387 e. The minimum Gasteiger partial charge on any atom is -0.457 e. The molecule has 0 amide bonds. The maximum absolute atomic E-state index is 12.3. The number of nitrogens with zero attached hydrogens (tertiary/aromatic N) is 1. The molecule has 0 atom stereocenters. The van der Waals surface area contributed by atoms with Gasteiger partial charge in [-0.05, 0) is 48.6 Å². The Kier molecular flexibility index (Phi) is 5.59. The van der Waals surface area contributed by atoms with Gasteiger partial charge in [0.1, 0.15) is 17.3 Å². The number of alkyl halides is 2. The van der Waals surface area contributed by atoms with Gasteiger partial charge in [0.05, 0.1) is 4.92 Å². The molecule has 0 fully saturated rings. The van der Waals surface area contributed by atoms with Crippen LogP contribution in [0.3, 0.4) is 0 Å². The van der Waals surface area contributed by atoms with Crippen molar-refractivity contribution in [1.82, 2.24) is 0 Å². The molecule has 0 N–H and O–H groups in total. The zero-order chi connectivity index (χ0) is 20.1. The van der Waals surface area contributed by atoms with Crippen molar-refractivity contribution in [2.45, 2.75) is 6.61 Å². The minimum atomic E-state index is -2.97. The molecule has 28 heavy (non-hydrogen) atoms. The smallest absolute Gasteiger partial charge is 0.387 e. The number of hydrogen-bond acceptors (Lipinski definition) is 5. The van der Waals surface area contributed by atoms with Crippen molar-refractivity contribution in [2.75, 3.05) is 0 Å². The van der Waals surface area contributed by atoms with E-state index >= 15 is 0 Å². The molecule has 2 aromatic carbocycles. The average Bonchev–Trinajstić information content (AvgIpc) is 3.15. The summed E-state index contributed by atoms with van der Waals surface area (Å²) in [6, 6.07) is 14.6. The summed E-state index contributed by atoms with van der Waals surface area (Å²) in [4.78, 5) is 22.4. The number of hydrogen-bond donors (Lipinski definition) is 0. The first-order chi connectivity index (χ1) is 13.4. The SMILES string of the molecule is O=C(/C=C/c1ccc(-c2ccc([N+](=O)[O-])cc2)o1)c1cccc(OC(F)F)c1. The lowest BCUT2D eigenvalue weighted by molar-refractivity contribution is -0.384. The number of nitro groups is 1. The van der Waals surface area contributed by atoms with Gasteiger partial charge in [0, 0.05) is 23.3 Å². The van der Waals surface area contributed by atoms with Gasteiger partial charge >= 0.3 is 6.61 Å². The van der Waals surface area contributed by atoms with E-state index in [1.165, 1.54) is 48.6 Å². The molecule has 1 heterocycles. The molecule has 142 valence electrons. The van der Waals surface area contributed by atoms with Gasteiger partial charge in [-0.1, -0.05) is 12.1 Å². The minimum absolute atomic E-state index is 0.0286. The third kappa shape index (κ3) is 4.67. The number of ether oxygens (including phenoxy) is 1. The normalized spacial score (nSPS) is 11.1. The fourth-order valence-electron chi connectivity index (χ4n) is 2.42. The topological polar surface area (TPSA) is 82.6 Å². The number of rotatable bonds is 7. The van der Waals surface area contributed by atoms with Gasteiger partial charge in [-0.25, -0.2) is 0 Å². The Morgan fingerprint density at radius 2 is 1.86 bits per heavy atom. The lowest BCUT2D eigenvalue weighted by Crippen LogP contribution is -2.03. The molecular formula is C20H13F2NO5. The van der Waals surface area contributed by atoms with Crippen LogP contribution in [0.4, 0.5) is 14.5 Å². The Hall–Kier alpha value is -3.81. The summed E-state index contributed by atoms with van der Waals surface area (Å²) in [5.74, 6) is 0.358.